The molecule has 2 aliphatic heterocycles. The largest absolute Gasteiger partial charge is 0.458 e. The summed E-state index contributed by atoms with van der Waals surface area (Å²) in [5.41, 5.74) is 2.66. The summed E-state index contributed by atoms with van der Waals surface area (Å²) in [5.74, 6) is -1.32. The molecule has 9 heteroatoms. The molecule has 3 aromatic rings. The number of aliphatic hydroxyl groups is 1. The Morgan fingerprint density at radius 1 is 1.31 bits per heavy atom. The van der Waals surface area contributed by atoms with Gasteiger partial charge in [0, 0.05) is 29.5 Å². The van der Waals surface area contributed by atoms with Gasteiger partial charge in [0.25, 0.3) is 5.56 Å². The SMILES string of the molecule is CC[C@@]1(O)C(=O)OCc2c1cc1n(c2=O)Cc2c-1nc1cc(F)c(C)c3c1c2[C@@H](NC(C)=O)CC3. The highest BCUT2D eigenvalue weighted by Gasteiger charge is 2.46. The zero-order chi connectivity index (χ0) is 24.8. The molecule has 0 bridgehead atoms. The van der Waals surface area contributed by atoms with Crippen LogP contribution in [0.2, 0.25) is 0 Å². The van der Waals surface area contributed by atoms with E-state index in [1.807, 2.05) is 0 Å². The Morgan fingerprint density at radius 3 is 2.80 bits per heavy atom. The van der Waals surface area contributed by atoms with E-state index in [1.54, 1.807) is 24.5 Å². The lowest BCUT2D eigenvalue weighted by Gasteiger charge is -2.31. The molecule has 0 radical (unpaired) electrons. The molecule has 3 aliphatic rings. The summed E-state index contributed by atoms with van der Waals surface area (Å²) in [4.78, 5) is 42.8. The minimum Gasteiger partial charge on any atom is -0.458 e. The number of fused-ring (bicyclic) bond motifs is 5. The fraction of sp³-hybridized carbons (Fsp3) is 0.385. The van der Waals surface area contributed by atoms with Crippen LogP contribution in [-0.2, 0) is 39.5 Å². The maximum absolute atomic E-state index is 14.8. The summed E-state index contributed by atoms with van der Waals surface area (Å²) in [6.07, 6.45) is 1.24. The summed E-state index contributed by atoms with van der Waals surface area (Å²) in [5, 5.41) is 14.9. The molecule has 180 valence electrons. The first kappa shape index (κ1) is 21.9. The van der Waals surface area contributed by atoms with Crippen molar-refractivity contribution in [2.45, 2.75) is 64.8 Å². The Hall–Kier alpha value is -3.59. The number of aromatic nitrogens is 2. The molecule has 0 saturated heterocycles. The van der Waals surface area contributed by atoms with Crippen LogP contribution in [0.5, 0.6) is 0 Å². The lowest BCUT2D eigenvalue weighted by atomic mass is 9.81. The van der Waals surface area contributed by atoms with Gasteiger partial charge < -0.3 is 19.7 Å². The topological polar surface area (TPSA) is 111 Å². The fourth-order valence-electron chi connectivity index (χ4n) is 5.94. The molecule has 0 unspecified atom stereocenters. The number of nitrogens with zero attached hydrogens (tertiary/aromatic N) is 2. The van der Waals surface area contributed by atoms with Crippen molar-refractivity contribution in [3.05, 3.63) is 61.7 Å². The molecule has 1 amide bonds. The van der Waals surface area contributed by atoms with Crippen LogP contribution in [0.3, 0.4) is 0 Å². The third-order valence-electron chi connectivity index (χ3n) is 7.76. The lowest BCUT2D eigenvalue weighted by Crippen LogP contribution is -2.44. The van der Waals surface area contributed by atoms with Crippen molar-refractivity contribution in [3.63, 3.8) is 0 Å². The Kier molecular flexibility index (Phi) is 4.51. The molecular formula is C26H24FN3O5. The molecule has 0 spiro atoms. The van der Waals surface area contributed by atoms with Gasteiger partial charge in [0.15, 0.2) is 5.60 Å². The third-order valence-corrected chi connectivity index (χ3v) is 7.76. The number of carbonyl (C=O) groups is 2. The summed E-state index contributed by atoms with van der Waals surface area (Å²) < 4.78 is 21.5. The molecule has 2 aromatic heterocycles. The van der Waals surface area contributed by atoms with E-state index in [0.717, 1.165) is 22.1 Å². The van der Waals surface area contributed by atoms with Crippen molar-refractivity contribution in [1.29, 1.82) is 0 Å². The van der Waals surface area contributed by atoms with E-state index in [-0.39, 0.29) is 54.0 Å². The molecule has 4 heterocycles. The number of hydrogen-bond acceptors (Lipinski definition) is 6. The smallest absolute Gasteiger partial charge is 0.343 e. The van der Waals surface area contributed by atoms with Crippen LogP contribution in [0.15, 0.2) is 16.9 Å². The number of cyclic esters (lactones) is 1. The van der Waals surface area contributed by atoms with Crippen molar-refractivity contribution >= 4 is 22.8 Å². The second-order valence-corrected chi connectivity index (χ2v) is 9.60. The van der Waals surface area contributed by atoms with E-state index >= 15 is 0 Å². The maximum Gasteiger partial charge on any atom is 0.343 e. The van der Waals surface area contributed by atoms with E-state index in [2.05, 4.69) is 5.32 Å². The zero-order valence-corrected chi connectivity index (χ0v) is 19.6. The van der Waals surface area contributed by atoms with Crippen LogP contribution in [0.25, 0.3) is 22.3 Å². The summed E-state index contributed by atoms with van der Waals surface area (Å²) in [6, 6.07) is 2.73. The van der Waals surface area contributed by atoms with Crippen molar-refractivity contribution in [2.24, 2.45) is 0 Å². The van der Waals surface area contributed by atoms with Gasteiger partial charge in [-0.1, -0.05) is 6.92 Å². The number of pyridine rings is 2. The molecular weight excluding hydrogens is 453 g/mol. The highest BCUT2D eigenvalue weighted by Crippen LogP contribution is 2.45. The van der Waals surface area contributed by atoms with Gasteiger partial charge in [0.2, 0.25) is 5.91 Å². The van der Waals surface area contributed by atoms with Crippen LogP contribution < -0.4 is 10.9 Å². The number of rotatable bonds is 2. The number of halogens is 1. The molecule has 1 aliphatic carbocycles. The van der Waals surface area contributed by atoms with E-state index in [0.29, 0.717) is 35.3 Å². The molecule has 2 atom stereocenters. The highest BCUT2D eigenvalue weighted by atomic mass is 19.1. The van der Waals surface area contributed by atoms with Gasteiger partial charge in [-0.2, -0.15) is 0 Å². The number of ether oxygens (including phenoxy) is 1. The average molecular weight is 477 g/mol. The molecule has 0 saturated carbocycles. The predicted octanol–water partition coefficient (Wildman–Crippen LogP) is 2.65. The number of benzene rings is 1. The molecule has 2 N–H and O–H groups in total. The average Bonchev–Trinajstić information content (AvgIpc) is 3.19. The van der Waals surface area contributed by atoms with Gasteiger partial charge in [-0.05, 0) is 48.9 Å². The van der Waals surface area contributed by atoms with E-state index in [4.69, 9.17) is 9.72 Å². The summed E-state index contributed by atoms with van der Waals surface area (Å²) in [6.45, 7) is 4.86. The number of aryl methyl sites for hydroxylation is 1. The van der Waals surface area contributed by atoms with Gasteiger partial charge in [0.05, 0.1) is 35.1 Å². The second-order valence-electron chi connectivity index (χ2n) is 9.60. The summed E-state index contributed by atoms with van der Waals surface area (Å²) in [7, 11) is 0. The van der Waals surface area contributed by atoms with E-state index < -0.39 is 11.6 Å². The van der Waals surface area contributed by atoms with Gasteiger partial charge in [-0.25, -0.2) is 14.2 Å². The number of esters is 1. The van der Waals surface area contributed by atoms with Crippen LogP contribution >= 0.6 is 0 Å². The first-order valence-corrected chi connectivity index (χ1v) is 11.7. The molecule has 0 fully saturated rings. The summed E-state index contributed by atoms with van der Waals surface area (Å²) >= 11 is 0. The van der Waals surface area contributed by atoms with Crippen molar-refractivity contribution in [1.82, 2.24) is 14.9 Å². The predicted molar refractivity (Wildman–Crippen MR) is 124 cm³/mol. The number of amides is 1. The van der Waals surface area contributed by atoms with Crippen LogP contribution in [0.4, 0.5) is 4.39 Å². The molecule has 6 rings (SSSR count). The Morgan fingerprint density at radius 2 is 2.09 bits per heavy atom. The number of nitrogens with one attached hydrogen (secondary N) is 1. The quantitative estimate of drug-likeness (QED) is 0.430. The number of hydrogen-bond donors (Lipinski definition) is 2. The third kappa shape index (κ3) is 2.81. The minimum atomic E-state index is -1.93. The van der Waals surface area contributed by atoms with Crippen molar-refractivity contribution in [2.75, 3.05) is 0 Å². The van der Waals surface area contributed by atoms with E-state index in [9.17, 15) is 23.9 Å². The minimum absolute atomic E-state index is 0.0451. The normalized spacial score (nSPS) is 21.9. The Bertz CT molecular complexity index is 1560. The Labute approximate surface area is 199 Å². The second kappa shape index (κ2) is 7.21. The maximum atomic E-state index is 14.8. The highest BCUT2D eigenvalue weighted by molar-refractivity contribution is 5.93. The first-order chi connectivity index (χ1) is 16.7. The van der Waals surface area contributed by atoms with Crippen molar-refractivity contribution in [3.8, 4) is 11.4 Å². The lowest BCUT2D eigenvalue weighted by molar-refractivity contribution is -0.172. The fourth-order valence-corrected chi connectivity index (χ4v) is 5.94. The molecule has 1 aromatic carbocycles. The van der Waals surface area contributed by atoms with Gasteiger partial charge >= 0.3 is 5.97 Å². The first-order valence-electron chi connectivity index (χ1n) is 11.7. The van der Waals surface area contributed by atoms with Crippen molar-refractivity contribution < 1.29 is 23.8 Å². The molecule has 8 nitrogen and oxygen atoms in total. The zero-order valence-electron chi connectivity index (χ0n) is 19.6. The van der Waals surface area contributed by atoms with Gasteiger partial charge in [-0.15, -0.1) is 0 Å². The monoisotopic (exact) mass is 477 g/mol. The van der Waals surface area contributed by atoms with E-state index in [1.165, 1.54) is 13.0 Å². The molecule has 35 heavy (non-hydrogen) atoms. The van der Waals surface area contributed by atoms with Crippen LogP contribution in [0, 0.1) is 12.7 Å². The number of carbonyl (C=O) groups excluding carboxylic acids is 2. The van der Waals surface area contributed by atoms with Crippen LogP contribution in [-0.4, -0.2) is 26.5 Å². The standard InChI is InChI=1S/C26H24FN3O5/c1-4-26(34)16-7-20-23-14(9-30(20)24(32)15(16)10-35-25(26)33)22-18(28-12(3)31)6-5-13-11(2)17(27)8-19(29-23)21(13)22/h7-8,18,34H,4-6,9-10H2,1-3H3,(H,28,31)/t18-,26-/m0/s1. The van der Waals surface area contributed by atoms with Crippen LogP contribution in [0.1, 0.15) is 66.1 Å². The Balaban J connectivity index is 1.68. The van der Waals surface area contributed by atoms with Gasteiger partial charge in [0.1, 0.15) is 12.4 Å². The van der Waals surface area contributed by atoms with Gasteiger partial charge in [-0.3, -0.25) is 9.59 Å².